The number of amides is 1. The number of ether oxygens (including phenoxy) is 1. The van der Waals surface area contributed by atoms with Gasteiger partial charge >= 0.3 is 0 Å². The first-order valence-electron chi connectivity index (χ1n) is 9.22. The minimum Gasteiger partial charge on any atom is -0.379 e. The summed E-state index contributed by atoms with van der Waals surface area (Å²) in [5.74, 6) is 0.901. The molecular formula is C19H24N4O2S. The van der Waals surface area contributed by atoms with Crippen LogP contribution >= 0.6 is 11.8 Å². The molecule has 1 aliphatic carbocycles. The van der Waals surface area contributed by atoms with Gasteiger partial charge in [0, 0.05) is 24.5 Å². The SMILES string of the molecule is CC(Sc1nc(CN2CCOCC2)nc2ccccc12)C(=O)NC1CC1. The van der Waals surface area contributed by atoms with Crippen LogP contribution in [0, 0.1) is 0 Å². The first-order valence-corrected chi connectivity index (χ1v) is 10.1. The molecule has 4 rings (SSSR count). The molecule has 2 aliphatic rings. The number of morpholine rings is 1. The van der Waals surface area contributed by atoms with Crippen molar-refractivity contribution in [3.63, 3.8) is 0 Å². The molecule has 1 aromatic heterocycles. The number of carbonyl (C=O) groups is 1. The van der Waals surface area contributed by atoms with Crippen molar-refractivity contribution in [1.82, 2.24) is 20.2 Å². The Labute approximate surface area is 157 Å². The van der Waals surface area contributed by atoms with Crippen molar-refractivity contribution in [2.45, 2.75) is 42.6 Å². The van der Waals surface area contributed by atoms with Crippen LogP contribution in [0.25, 0.3) is 10.9 Å². The van der Waals surface area contributed by atoms with E-state index < -0.39 is 0 Å². The third kappa shape index (κ3) is 4.34. The largest absolute Gasteiger partial charge is 0.379 e. The number of aromatic nitrogens is 2. The summed E-state index contributed by atoms with van der Waals surface area (Å²) in [7, 11) is 0. The quantitative estimate of drug-likeness (QED) is 0.620. The molecule has 1 aliphatic heterocycles. The molecular weight excluding hydrogens is 348 g/mol. The fraction of sp³-hybridized carbons (Fsp3) is 0.526. The zero-order valence-corrected chi connectivity index (χ0v) is 15.8. The van der Waals surface area contributed by atoms with E-state index in [0.29, 0.717) is 12.6 Å². The summed E-state index contributed by atoms with van der Waals surface area (Å²) in [5.41, 5.74) is 0.933. The lowest BCUT2D eigenvalue weighted by Crippen LogP contribution is -2.36. The second-order valence-corrected chi connectivity index (χ2v) is 8.22. The highest BCUT2D eigenvalue weighted by Gasteiger charge is 2.26. The minimum absolute atomic E-state index is 0.0925. The first kappa shape index (κ1) is 17.7. The molecule has 0 radical (unpaired) electrons. The monoisotopic (exact) mass is 372 g/mol. The van der Waals surface area contributed by atoms with E-state index in [0.717, 1.165) is 60.9 Å². The number of carbonyl (C=O) groups excluding carboxylic acids is 1. The molecule has 6 nitrogen and oxygen atoms in total. The van der Waals surface area contributed by atoms with Gasteiger partial charge in [-0.25, -0.2) is 9.97 Å². The lowest BCUT2D eigenvalue weighted by molar-refractivity contribution is -0.120. The maximum atomic E-state index is 12.3. The van der Waals surface area contributed by atoms with Gasteiger partial charge in [0.15, 0.2) is 0 Å². The Balaban J connectivity index is 1.55. The van der Waals surface area contributed by atoms with Crippen LogP contribution in [0.15, 0.2) is 29.3 Å². The smallest absolute Gasteiger partial charge is 0.233 e. The molecule has 1 saturated carbocycles. The van der Waals surface area contributed by atoms with Crippen LogP contribution < -0.4 is 5.32 Å². The summed E-state index contributed by atoms with van der Waals surface area (Å²) in [5, 5.41) is 4.80. The summed E-state index contributed by atoms with van der Waals surface area (Å²) in [6.45, 7) is 5.98. The van der Waals surface area contributed by atoms with E-state index in [-0.39, 0.29) is 11.2 Å². The molecule has 0 spiro atoms. The third-order valence-corrected chi connectivity index (χ3v) is 5.77. The number of hydrogen-bond donors (Lipinski definition) is 1. The molecule has 1 saturated heterocycles. The van der Waals surface area contributed by atoms with Gasteiger partial charge in [-0.2, -0.15) is 0 Å². The Kier molecular flexibility index (Phi) is 5.38. The number of nitrogens with one attached hydrogen (secondary N) is 1. The van der Waals surface area contributed by atoms with Gasteiger partial charge in [0.25, 0.3) is 0 Å². The summed E-state index contributed by atoms with van der Waals surface area (Å²) >= 11 is 1.52. The van der Waals surface area contributed by atoms with Gasteiger partial charge in [-0.15, -0.1) is 0 Å². The zero-order chi connectivity index (χ0) is 17.9. The number of nitrogens with zero attached hydrogens (tertiary/aromatic N) is 3. The molecule has 1 unspecified atom stereocenters. The van der Waals surface area contributed by atoms with Gasteiger partial charge in [-0.3, -0.25) is 9.69 Å². The average molecular weight is 372 g/mol. The van der Waals surface area contributed by atoms with Crippen molar-refractivity contribution in [3.8, 4) is 0 Å². The average Bonchev–Trinajstić information content (AvgIpc) is 3.46. The van der Waals surface area contributed by atoms with Gasteiger partial charge < -0.3 is 10.1 Å². The van der Waals surface area contributed by atoms with Gasteiger partial charge in [-0.05, 0) is 25.8 Å². The maximum absolute atomic E-state index is 12.3. The van der Waals surface area contributed by atoms with Crippen molar-refractivity contribution >= 4 is 28.6 Å². The Bertz CT molecular complexity index is 790. The van der Waals surface area contributed by atoms with Crippen molar-refractivity contribution in [2.75, 3.05) is 26.3 Å². The minimum atomic E-state index is -0.176. The normalized spacial score (nSPS) is 19.4. The van der Waals surface area contributed by atoms with Crippen LogP contribution in [0.2, 0.25) is 0 Å². The van der Waals surface area contributed by atoms with Crippen LogP contribution in [-0.4, -0.2) is 58.4 Å². The predicted molar refractivity (Wildman–Crippen MR) is 102 cm³/mol. The van der Waals surface area contributed by atoms with Crippen LogP contribution in [-0.2, 0) is 16.1 Å². The van der Waals surface area contributed by atoms with E-state index in [9.17, 15) is 4.79 Å². The van der Waals surface area contributed by atoms with Gasteiger partial charge in [0.05, 0.1) is 30.5 Å². The number of para-hydroxylation sites is 1. The van der Waals surface area contributed by atoms with Gasteiger partial charge in [0.1, 0.15) is 10.9 Å². The predicted octanol–water partition coefficient (Wildman–Crippen LogP) is 2.22. The lowest BCUT2D eigenvalue weighted by Gasteiger charge is -2.26. The van der Waals surface area contributed by atoms with E-state index in [4.69, 9.17) is 14.7 Å². The molecule has 1 N–H and O–H groups in total. The molecule has 2 heterocycles. The molecule has 1 atom stereocenters. The highest BCUT2D eigenvalue weighted by molar-refractivity contribution is 8.00. The fourth-order valence-corrected chi connectivity index (χ4v) is 3.95. The van der Waals surface area contributed by atoms with Gasteiger partial charge in [0.2, 0.25) is 5.91 Å². The fourth-order valence-electron chi connectivity index (χ4n) is 2.98. The molecule has 1 aromatic carbocycles. The highest BCUT2D eigenvalue weighted by Crippen LogP contribution is 2.29. The van der Waals surface area contributed by atoms with Crippen molar-refractivity contribution in [2.24, 2.45) is 0 Å². The Morgan fingerprint density at radius 2 is 2.08 bits per heavy atom. The molecule has 138 valence electrons. The number of thioether (sulfide) groups is 1. The second-order valence-electron chi connectivity index (χ2n) is 6.89. The third-order valence-electron chi connectivity index (χ3n) is 4.66. The van der Waals surface area contributed by atoms with Crippen LogP contribution in [0.3, 0.4) is 0 Å². The van der Waals surface area contributed by atoms with Crippen LogP contribution in [0.1, 0.15) is 25.6 Å². The number of hydrogen-bond acceptors (Lipinski definition) is 6. The van der Waals surface area contributed by atoms with Crippen molar-refractivity contribution in [3.05, 3.63) is 30.1 Å². The zero-order valence-electron chi connectivity index (χ0n) is 15.0. The second kappa shape index (κ2) is 7.90. The van der Waals surface area contributed by atoms with E-state index >= 15 is 0 Å². The standard InChI is InChI=1S/C19H24N4O2S/c1-13(18(24)20-14-6-7-14)26-19-15-4-2-3-5-16(15)21-17(22-19)12-23-8-10-25-11-9-23/h2-5,13-14H,6-12H2,1H3,(H,20,24). The van der Waals surface area contributed by atoms with E-state index in [1.54, 1.807) is 0 Å². The van der Waals surface area contributed by atoms with Crippen LogP contribution in [0.5, 0.6) is 0 Å². The molecule has 2 aromatic rings. The number of rotatable bonds is 6. The summed E-state index contributed by atoms with van der Waals surface area (Å²) in [4.78, 5) is 24.2. The summed E-state index contributed by atoms with van der Waals surface area (Å²) in [6.07, 6.45) is 2.20. The topological polar surface area (TPSA) is 67.3 Å². The first-order chi connectivity index (χ1) is 12.7. The summed E-state index contributed by atoms with van der Waals surface area (Å²) < 4.78 is 5.42. The van der Waals surface area contributed by atoms with Crippen molar-refractivity contribution in [1.29, 1.82) is 0 Å². The van der Waals surface area contributed by atoms with E-state index in [1.807, 2.05) is 31.2 Å². The molecule has 0 bridgehead atoms. The van der Waals surface area contributed by atoms with Crippen LogP contribution in [0.4, 0.5) is 0 Å². The van der Waals surface area contributed by atoms with Crippen molar-refractivity contribution < 1.29 is 9.53 Å². The molecule has 2 fully saturated rings. The number of fused-ring (bicyclic) bond motifs is 1. The Hall–Kier alpha value is -1.70. The lowest BCUT2D eigenvalue weighted by atomic mass is 10.2. The molecule has 7 heteroatoms. The molecule has 26 heavy (non-hydrogen) atoms. The molecule has 1 amide bonds. The van der Waals surface area contributed by atoms with Gasteiger partial charge in [-0.1, -0.05) is 30.0 Å². The Morgan fingerprint density at radius 3 is 2.85 bits per heavy atom. The maximum Gasteiger partial charge on any atom is 0.233 e. The van der Waals surface area contributed by atoms with E-state index in [1.165, 1.54) is 11.8 Å². The van der Waals surface area contributed by atoms with E-state index in [2.05, 4.69) is 10.2 Å². The Morgan fingerprint density at radius 1 is 1.31 bits per heavy atom. The number of benzene rings is 1. The summed E-state index contributed by atoms with van der Waals surface area (Å²) in [6, 6.07) is 8.41. The highest BCUT2D eigenvalue weighted by atomic mass is 32.2.